The van der Waals surface area contributed by atoms with E-state index in [2.05, 4.69) is 14.7 Å². The van der Waals surface area contributed by atoms with Crippen molar-refractivity contribution in [3.63, 3.8) is 0 Å². The number of nitrogens with one attached hydrogen (secondary N) is 1. The first-order valence-electron chi connectivity index (χ1n) is 8.45. The molecule has 10 heteroatoms. The van der Waals surface area contributed by atoms with Gasteiger partial charge in [-0.15, -0.1) is 0 Å². The van der Waals surface area contributed by atoms with Crippen LogP contribution >= 0.6 is 0 Å². The first-order chi connectivity index (χ1) is 13.7. The maximum atomic E-state index is 12.6. The fourth-order valence-corrected chi connectivity index (χ4v) is 4.45. The summed E-state index contributed by atoms with van der Waals surface area (Å²) >= 11 is 0. The van der Waals surface area contributed by atoms with Crippen LogP contribution in [0.4, 0.5) is 5.69 Å². The number of fused-ring (bicyclic) bond motifs is 1. The monoisotopic (exact) mass is 428 g/mol. The minimum absolute atomic E-state index is 0.0274. The lowest BCUT2D eigenvalue weighted by atomic mass is 10.1. The number of nitrogens with zero attached hydrogens (tertiary/aromatic N) is 3. The summed E-state index contributed by atoms with van der Waals surface area (Å²) in [5, 5.41) is 0. The van der Waals surface area contributed by atoms with E-state index in [9.17, 15) is 16.8 Å². The Bertz CT molecular complexity index is 1360. The number of sulfonamides is 1. The number of sulfone groups is 1. The molecule has 2 aromatic heterocycles. The molecule has 0 unspecified atom stereocenters. The van der Waals surface area contributed by atoms with Gasteiger partial charge in [-0.2, -0.15) is 0 Å². The predicted octanol–water partition coefficient (Wildman–Crippen LogP) is 2.60. The molecule has 0 saturated heterocycles. The molecule has 0 atom stereocenters. The third-order valence-corrected chi connectivity index (χ3v) is 6.76. The Labute approximate surface area is 167 Å². The van der Waals surface area contributed by atoms with Crippen LogP contribution in [0.25, 0.3) is 17.0 Å². The van der Waals surface area contributed by atoms with Crippen LogP contribution in [0.3, 0.4) is 0 Å². The van der Waals surface area contributed by atoms with Crippen LogP contribution < -0.4 is 4.72 Å². The minimum Gasteiger partial charge on any atom is -0.291 e. The molecule has 0 radical (unpaired) electrons. The second-order valence-electron chi connectivity index (χ2n) is 6.38. The van der Waals surface area contributed by atoms with Gasteiger partial charge in [0.15, 0.2) is 9.84 Å². The Balaban J connectivity index is 1.56. The van der Waals surface area contributed by atoms with Gasteiger partial charge in [-0.3, -0.25) is 9.12 Å². The summed E-state index contributed by atoms with van der Waals surface area (Å²) in [6.07, 6.45) is 6.41. The van der Waals surface area contributed by atoms with Crippen molar-refractivity contribution in [1.29, 1.82) is 0 Å². The van der Waals surface area contributed by atoms with Gasteiger partial charge in [-0.05, 0) is 42.5 Å². The molecular formula is C19H16N4O4S2. The average molecular weight is 428 g/mol. The molecule has 0 aliphatic rings. The zero-order valence-corrected chi connectivity index (χ0v) is 16.9. The maximum Gasteiger partial charge on any atom is 0.261 e. The molecule has 0 spiro atoms. The molecule has 0 aliphatic carbocycles. The molecule has 0 saturated carbocycles. The maximum absolute atomic E-state index is 12.6. The summed E-state index contributed by atoms with van der Waals surface area (Å²) < 4.78 is 52.4. The lowest BCUT2D eigenvalue weighted by Crippen LogP contribution is -2.13. The third-order valence-electron chi connectivity index (χ3n) is 4.23. The van der Waals surface area contributed by atoms with E-state index in [1.807, 2.05) is 12.4 Å². The van der Waals surface area contributed by atoms with Crippen molar-refractivity contribution in [2.75, 3.05) is 11.0 Å². The largest absolute Gasteiger partial charge is 0.291 e. The number of imidazole rings is 1. The molecule has 0 amide bonds. The molecule has 4 aromatic rings. The fourth-order valence-electron chi connectivity index (χ4n) is 2.76. The van der Waals surface area contributed by atoms with Crippen molar-refractivity contribution in [3.05, 3.63) is 73.2 Å². The van der Waals surface area contributed by atoms with Crippen LogP contribution in [-0.2, 0) is 19.9 Å². The minimum atomic E-state index is -3.85. The van der Waals surface area contributed by atoms with Crippen LogP contribution in [0.5, 0.6) is 0 Å². The smallest absolute Gasteiger partial charge is 0.261 e. The van der Waals surface area contributed by atoms with E-state index in [-0.39, 0.29) is 9.79 Å². The molecule has 4 rings (SSSR count). The Morgan fingerprint density at radius 3 is 2.17 bits per heavy atom. The molecule has 0 aliphatic heterocycles. The summed E-state index contributed by atoms with van der Waals surface area (Å²) in [5.74, 6) is 0.574. The van der Waals surface area contributed by atoms with Gasteiger partial charge in [0.2, 0.25) is 5.78 Å². The first kappa shape index (κ1) is 19.1. The zero-order valence-electron chi connectivity index (χ0n) is 15.2. The van der Waals surface area contributed by atoms with Gasteiger partial charge in [0.1, 0.15) is 0 Å². The first-order valence-corrected chi connectivity index (χ1v) is 11.8. The van der Waals surface area contributed by atoms with Gasteiger partial charge in [0, 0.05) is 36.1 Å². The van der Waals surface area contributed by atoms with Crippen molar-refractivity contribution in [2.45, 2.75) is 9.79 Å². The van der Waals surface area contributed by atoms with Crippen LogP contribution in [0.1, 0.15) is 0 Å². The Morgan fingerprint density at radius 2 is 1.55 bits per heavy atom. The Morgan fingerprint density at radius 1 is 0.897 bits per heavy atom. The van der Waals surface area contributed by atoms with Crippen molar-refractivity contribution >= 4 is 31.3 Å². The molecular weight excluding hydrogens is 412 g/mol. The third kappa shape index (κ3) is 3.98. The highest BCUT2D eigenvalue weighted by Crippen LogP contribution is 2.23. The molecule has 0 bridgehead atoms. The van der Waals surface area contributed by atoms with Gasteiger partial charge in [0.05, 0.1) is 15.5 Å². The van der Waals surface area contributed by atoms with Gasteiger partial charge < -0.3 is 0 Å². The van der Waals surface area contributed by atoms with Crippen molar-refractivity contribution in [2.24, 2.45) is 0 Å². The summed E-state index contributed by atoms with van der Waals surface area (Å²) in [6, 6.07) is 13.6. The van der Waals surface area contributed by atoms with Crippen molar-refractivity contribution in [1.82, 2.24) is 14.4 Å². The van der Waals surface area contributed by atoms with E-state index in [4.69, 9.17) is 0 Å². The molecule has 0 fully saturated rings. The van der Waals surface area contributed by atoms with E-state index in [1.54, 1.807) is 40.9 Å². The molecule has 1 N–H and O–H groups in total. The van der Waals surface area contributed by atoms with Gasteiger partial charge in [-0.1, -0.05) is 12.1 Å². The topological polar surface area (TPSA) is 110 Å². The number of aromatic nitrogens is 3. The number of hydrogen-bond donors (Lipinski definition) is 1. The van der Waals surface area contributed by atoms with E-state index >= 15 is 0 Å². The van der Waals surface area contributed by atoms with E-state index in [0.717, 1.165) is 17.5 Å². The van der Waals surface area contributed by atoms with E-state index in [0.29, 0.717) is 11.5 Å². The Hall–Kier alpha value is -3.24. The number of anilines is 1. The second-order valence-corrected chi connectivity index (χ2v) is 10.1. The van der Waals surface area contributed by atoms with Crippen LogP contribution in [-0.4, -0.2) is 37.5 Å². The Kier molecular flexibility index (Phi) is 4.59. The SMILES string of the molecule is CS(=O)(=O)c1ccc(S(=O)(=O)Nc2ccc(-c3cn4cccnc4n3)cc2)cc1. The van der Waals surface area contributed by atoms with Gasteiger partial charge in [-0.25, -0.2) is 26.8 Å². The summed E-state index contributed by atoms with van der Waals surface area (Å²) in [5.41, 5.74) is 1.91. The molecule has 8 nitrogen and oxygen atoms in total. The van der Waals surface area contributed by atoms with Gasteiger partial charge >= 0.3 is 0 Å². The predicted molar refractivity (Wildman–Crippen MR) is 109 cm³/mol. The highest BCUT2D eigenvalue weighted by atomic mass is 32.2. The molecule has 2 aromatic carbocycles. The standard InChI is InChI=1S/C19H16N4O4S2/c1-28(24,25)16-7-9-17(10-8-16)29(26,27)22-15-5-3-14(4-6-15)18-13-23-12-2-11-20-19(23)21-18/h2-13,22H,1H3. The van der Waals surface area contributed by atoms with Crippen LogP contribution in [0, 0.1) is 0 Å². The van der Waals surface area contributed by atoms with Crippen LogP contribution in [0.15, 0.2) is 83.0 Å². The second kappa shape index (κ2) is 6.98. The van der Waals surface area contributed by atoms with E-state index < -0.39 is 19.9 Å². The summed E-state index contributed by atoms with van der Waals surface area (Å²) in [4.78, 5) is 8.63. The highest BCUT2D eigenvalue weighted by molar-refractivity contribution is 7.92. The highest BCUT2D eigenvalue weighted by Gasteiger charge is 2.16. The number of hydrogen-bond acceptors (Lipinski definition) is 6. The zero-order chi connectivity index (χ0) is 20.6. The number of benzene rings is 2. The summed E-state index contributed by atoms with van der Waals surface area (Å²) in [6.45, 7) is 0. The normalized spacial score (nSPS) is 12.2. The van der Waals surface area contributed by atoms with E-state index in [1.165, 1.54) is 24.3 Å². The average Bonchev–Trinajstić information content (AvgIpc) is 3.12. The quantitative estimate of drug-likeness (QED) is 0.523. The molecule has 148 valence electrons. The summed E-state index contributed by atoms with van der Waals surface area (Å²) in [7, 11) is -7.24. The van der Waals surface area contributed by atoms with Crippen molar-refractivity contribution < 1.29 is 16.8 Å². The molecule has 2 heterocycles. The molecule has 29 heavy (non-hydrogen) atoms. The van der Waals surface area contributed by atoms with Gasteiger partial charge in [0.25, 0.3) is 10.0 Å². The lowest BCUT2D eigenvalue weighted by molar-refractivity contribution is 0.597. The number of rotatable bonds is 5. The van der Waals surface area contributed by atoms with Crippen LogP contribution in [0.2, 0.25) is 0 Å². The van der Waals surface area contributed by atoms with Crippen molar-refractivity contribution in [3.8, 4) is 11.3 Å². The fraction of sp³-hybridized carbons (Fsp3) is 0.0526. The lowest BCUT2D eigenvalue weighted by Gasteiger charge is -2.09.